The number of halogens is 2. The first kappa shape index (κ1) is 17.1. The molecule has 1 aromatic carbocycles. The highest BCUT2D eigenvalue weighted by Crippen LogP contribution is 2.24. The van der Waals surface area contributed by atoms with Gasteiger partial charge in [-0.2, -0.15) is 0 Å². The summed E-state index contributed by atoms with van der Waals surface area (Å²) < 4.78 is 2.23. The second-order valence-electron chi connectivity index (χ2n) is 4.79. The number of rotatable bonds is 3. The zero-order valence-corrected chi connectivity index (χ0v) is 13.9. The third kappa shape index (κ3) is 3.91. The van der Waals surface area contributed by atoms with E-state index in [9.17, 15) is 14.4 Å². The normalized spacial score (nSPS) is 11.0. The highest BCUT2D eigenvalue weighted by atomic mass is 35.5. The molecule has 0 saturated carbocycles. The SMILES string of the molecule is Cn1cc(/C=C/C(=O)Nc2ccc(Cl)c(Cl)c2)c(=O)n(C)c1=O. The summed E-state index contributed by atoms with van der Waals surface area (Å²) in [4.78, 5) is 35.4. The Morgan fingerprint density at radius 1 is 1.17 bits per heavy atom. The number of carbonyl (C=O) groups excluding carboxylic acids is 1. The van der Waals surface area contributed by atoms with Crippen LogP contribution < -0.4 is 16.6 Å². The predicted molar refractivity (Wildman–Crippen MR) is 91.0 cm³/mol. The summed E-state index contributed by atoms with van der Waals surface area (Å²) >= 11 is 11.7. The van der Waals surface area contributed by atoms with Crippen molar-refractivity contribution in [2.24, 2.45) is 14.1 Å². The second-order valence-corrected chi connectivity index (χ2v) is 5.61. The molecule has 8 heteroatoms. The zero-order chi connectivity index (χ0) is 17.1. The fourth-order valence-electron chi connectivity index (χ4n) is 1.87. The summed E-state index contributed by atoms with van der Waals surface area (Å²) in [6.07, 6.45) is 3.91. The lowest BCUT2D eigenvalue weighted by atomic mass is 10.2. The minimum Gasteiger partial charge on any atom is -0.322 e. The Balaban J connectivity index is 2.20. The van der Waals surface area contributed by atoms with E-state index in [2.05, 4.69) is 5.32 Å². The maximum absolute atomic E-state index is 11.9. The minimum absolute atomic E-state index is 0.221. The number of anilines is 1. The molecule has 6 nitrogen and oxygen atoms in total. The average Bonchev–Trinajstić information content (AvgIpc) is 2.51. The van der Waals surface area contributed by atoms with Crippen molar-refractivity contribution in [1.29, 1.82) is 0 Å². The summed E-state index contributed by atoms with van der Waals surface area (Å²) in [5.41, 5.74) is -0.222. The molecule has 0 bridgehead atoms. The lowest BCUT2D eigenvalue weighted by Crippen LogP contribution is -2.37. The number of aromatic nitrogens is 2. The van der Waals surface area contributed by atoms with E-state index in [1.165, 1.54) is 43.1 Å². The summed E-state index contributed by atoms with van der Waals surface area (Å²) in [6.45, 7) is 0. The van der Waals surface area contributed by atoms with E-state index in [1.807, 2.05) is 0 Å². The number of benzene rings is 1. The van der Waals surface area contributed by atoms with Crippen LogP contribution in [0.1, 0.15) is 5.56 Å². The molecule has 23 heavy (non-hydrogen) atoms. The molecule has 0 fully saturated rings. The lowest BCUT2D eigenvalue weighted by molar-refractivity contribution is -0.111. The number of carbonyl (C=O) groups is 1. The maximum atomic E-state index is 11.9. The fourth-order valence-corrected chi connectivity index (χ4v) is 2.17. The molecule has 120 valence electrons. The summed E-state index contributed by atoms with van der Waals surface area (Å²) in [6, 6.07) is 4.68. The Morgan fingerprint density at radius 2 is 1.87 bits per heavy atom. The molecule has 0 atom stereocenters. The molecule has 1 N–H and O–H groups in total. The van der Waals surface area contributed by atoms with E-state index in [0.29, 0.717) is 15.7 Å². The Bertz CT molecular complexity index is 913. The van der Waals surface area contributed by atoms with Crippen molar-refractivity contribution in [3.63, 3.8) is 0 Å². The van der Waals surface area contributed by atoms with Crippen LogP contribution in [-0.4, -0.2) is 15.0 Å². The molecule has 1 amide bonds. The van der Waals surface area contributed by atoms with Crippen molar-refractivity contribution in [2.45, 2.75) is 0 Å². The fraction of sp³-hybridized carbons (Fsp3) is 0.133. The lowest BCUT2D eigenvalue weighted by Gasteiger charge is -2.04. The minimum atomic E-state index is -0.480. The molecule has 1 heterocycles. The van der Waals surface area contributed by atoms with E-state index in [4.69, 9.17) is 23.2 Å². The van der Waals surface area contributed by atoms with Gasteiger partial charge in [0, 0.05) is 32.1 Å². The average molecular weight is 354 g/mol. The standard InChI is InChI=1S/C15H13Cl2N3O3/c1-19-8-9(14(22)20(2)15(19)23)3-6-13(21)18-10-4-5-11(16)12(17)7-10/h3-8H,1-2H3,(H,18,21)/b6-3+. The summed E-state index contributed by atoms with van der Waals surface area (Å²) in [5.74, 6) is -0.445. The van der Waals surface area contributed by atoms with Crippen molar-refractivity contribution in [1.82, 2.24) is 9.13 Å². The van der Waals surface area contributed by atoms with E-state index in [1.54, 1.807) is 12.1 Å². The van der Waals surface area contributed by atoms with Crippen LogP contribution in [0.15, 0.2) is 40.1 Å². The highest BCUT2D eigenvalue weighted by Gasteiger charge is 2.05. The van der Waals surface area contributed by atoms with Crippen LogP contribution in [0.25, 0.3) is 6.08 Å². The quantitative estimate of drug-likeness (QED) is 0.858. The summed E-state index contributed by atoms with van der Waals surface area (Å²) in [5, 5.41) is 3.30. The Kier molecular flexibility index (Phi) is 5.08. The van der Waals surface area contributed by atoms with Gasteiger partial charge in [-0.05, 0) is 24.3 Å². The van der Waals surface area contributed by atoms with E-state index in [-0.39, 0.29) is 5.56 Å². The molecular weight excluding hydrogens is 341 g/mol. The van der Waals surface area contributed by atoms with Gasteiger partial charge in [0.25, 0.3) is 5.56 Å². The van der Waals surface area contributed by atoms with Gasteiger partial charge in [-0.3, -0.25) is 14.2 Å². The molecule has 2 rings (SSSR count). The van der Waals surface area contributed by atoms with Gasteiger partial charge >= 0.3 is 5.69 Å². The van der Waals surface area contributed by atoms with Crippen molar-refractivity contribution in [3.8, 4) is 0 Å². The van der Waals surface area contributed by atoms with E-state index < -0.39 is 17.2 Å². The molecule has 0 unspecified atom stereocenters. The molecule has 0 aliphatic carbocycles. The van der Waals surface area contributed by atoms with Crippen LogP contribution in [0.3, 0.4) is 0 Å². The number of hydrogen-bond donors (Lipinski definition) is 1. The zero-order valence-electron chi connectivity index (χ0n) is 12.3. The van der Waals surface area contributed by atoms with Crippen LogP contribution in [0.5, 0.6) is 0 Å². The van der Waals surface area contributed by atoms with Gasteiger partial charge in [0.2, 0.25) is 5.91 Å². The van der Waals surface area contributed by atoms with Crippen LogP contribution in [-0.2, 0) is 18.9 Å². The number of amides is 1. The van der Waals surface area contributed by atoms with Crippen LogP contribution in [0, 0.1) is 0 Å². The molecule has 0 aliphatic heterocycles. The first-order valence-corrected chi connectivity index (χ1v) is 7.26. The Hall–Kier alpha value is -2.31. The van der Waals surface area contributed by atoms with Gasteiger partial charge in [0.05, 0.1) is 15.6 Å². The third-order valence-corrected chi connectivity index (χ3v) is 3.81. The molecule has 1 aromatic heterocycles. The van der Waals surface area contributed by atoms with Crippen molar-refractivity contribution in [2.75, 3.05) is 5.32 Å². The van der Waals surface area contributed by atoms with Crippen LogP contribution in [0.4, 0.5) is 5.69 Å². The van der Waals surface area contributed by atoms with Gasteiger partial charge in [-0.25, -0.2) is 4.79 Å². The molecule has 0 aliphatic rings. The van der Waals surface area contributed by atoms with E-state index in [0.717, 1.165) is 4.57 Å². The first-order chi connectivity index (χ1) is 10.8. The topological polar surface area (TPSA) is 73.1 Å². The monoisotopic (exact) mass is 353 g/mol. The van der Waals surface area contributed by atoms with Gasteiger partial charge in [-0.15, -0.1) is 0 Å². The third-order valence-electron chi connectivity index (χ3n) is 3.07. The van der Waals surface area contributed by atoms with Gasteiger partial charge in [0.15, 0.2) is 0 Å². The number of nitrogens with one attached hydrogen (secondary N) is 1. The smallest absolute Gasteiger partial charge is 0.322 e. The van der Waals surface area contributed by atoms with Crippen molar-refractivity contribution < 1.29 is 4.79 Å². The maximum Gasteiger partial charge on any atom is 0.330 e. The van der Waals surface area contributed by atoms with Crippen LogP contribution in [0.2, 0.25) is 10.0 Å². The predicted octanol–water partition coefficient (Wildman–Crippen LogP) is 2.04. The molecular formula is C15H13Cl2N3O3. The number of hydrogen-bond acceptors (Lipinski definition) is 3. The Morgan fingerprint density at radius 3 is 2.52 bits per heavy atom. The highest BCUT2D eigenvalue weighted by molar-refractivity contribution is 6.42. The second kappa shape index (κ2) is 6.85. The Labute approximate surface area is 141 Å². The number of nitrogens with zero attached hydrogens (tertiary/aromatic N) is 2. The van der Waals surface area contributed by atoms with Gasteiger partial charge in [0.1, 0.15) is 0 Å². The van der Waals surface area contributed by atoms with Crippen LogP contribution >= 0.6 is 23.2 Å². The van der Waals surface area contributed by atoms with Crippen molar-refractivity contribution in [3.05, 3.63) is 66.9 Å². The molecule has 0 saturated heterocycles. The largest absolute Gasteiger partial charge is 0.330 e. The van der Waals surface area contributed by atoms with Crippen molar-refractivity contribution >= 4 is 40.9 Å². The molecule has 0 radical (unpaired) electrons. The number of aryl methyl sites for hydroxylation is 1. The molecule has 2 aromatic rings. The van der Waals surface area contributed by atoms with Gasteiger partial charge in [-0.1, -0.05) is 23.2 Å². The molecule has 0 spiro atoms. The van der Waals surface area contributed by atoms with Gasteiger partial charge < -0.3 is 9.88 Å². The first-order valence-electron chi connectivity index (χ1n) is 6.50. The van der Waals surface area contributed by atoms with E-state index >= 15 is 0 Å². The summed E-state index contributed by atoms with van der Waals surface area (Å²) in [7, 11) is 2.90.